The van der Waals surface area contributed by atoms with Crippen molar-refractivity contribution in [1.29, 1.82) is 0 Å². The molecule has 1 N–H and O–H groups in total. The van der Waals surface area contributed by atoms with Crippen molar-refractivity contribution in [3.63, 3.8) is 0 Å². The standard InChI is InChI=1S/C14H18BrClN2O/c1-18(9-10-3-2-6-17-8-10)14(19)12-5-4-11(15)7-13(12)16/h4-5,7,10,17H,2-3,6,8-9H2,1H3. The van der Waals surface area contributed by atoms with Crippen molar-refractivity contribution in [1.82, 2.24) is 10.2 Å². The van der Waals surface area contributed by atoms with E-state index in [1.807, 2.05) is 13.1 Å². The van der Waals surface area contributed by atoms with Gasteiger partial charge in [0.2, 0.25) is 0 Å². The van der Waals surface area contributed by atoms with Crippen LogP contribution in [0.1, 0.15) is 23.2 Å². The highest BCUT2D eigenvalue weighted by atomic mass is 79.9. The first-order valence-electron chi connectivity index (χ1n) is 6.49. The first-order valence-corrected chi connectivity index (χ1v) is 7.66. The molecule has 0 radical (unpaired) electrons. The van der Waals surface area contributed by atoms with Crippen molar-refractivity contribution in [3.8, 4) is 0 Å². The lowest BCUT2D eigenvalue weighted by Crippen LogP contribution is -2.39. The van der Waals surface area contributed by atoms with Gasteiger partial charge >= 0.3 is 0 Å². The fraction of sp³-hybridized carbons (Fsp3) is 0.500. The normalized spacial score (nSPS) is 19.2. The Morgan fingerprint density at radius 1 is 1.58 bits per heavy atom. The van der Waals surface area contributed by atoms with Crippen LogP contribution in [0.3, 0.4) is 0 Å². The molecule has 1 aliphatic rings. The van der Waals surface area contributed by atoms with Gasteiger partial charge in [-0.25, -0.2) is 0 Å². The van der Waals surface area contributed by atoms with Gasteiger partial charge in [-0.15, -0.1) is 0 Å². The predicted molar refractivity (Wildman–Crippen MR) is 81.7 cm³/mol. The molecule has 1 aliphatic heterocycles. The highest BCUT2D eigenvalue weighted by Crippen LogP contribution is 2.23. The van der Waals surface area contributed by atoms with Gasteiger partial charge in [-0.1, -0.05) is 27.5 Å². The van der Waals surface area contributed by atoms with Crippen LogP contribution >= 0.6 is 27.5 Å². The van der Waals surface area contributed by atoms with Crippen LogP contribution < -0.4 is 5.32 Å². The van der Waals surface area contributed by atoms with Crippen molar-refractivity contribution in [2.45, 2.75) is 12.8 Å². The second-order valence-corrected chi connectivity index (χ2v) is 6.35. The number of amides is 1. The number of rotatable bonds is 3. The van der Waals surface area contributed by atoms with Crippen LogP contribution in [-0.2, 0) is 0 Å². The number of hydrogen-bond donors (Lipinski definition) is 1. The van der Waals surface area contributed by atoms with E-state index in [4.69, 9.17) is 11.6 Å². The third-order valence-corrected chi connectivity index (χ3v) is 4.25. The van der Waals surface area contributed by atoms with Crippen molar-refractivity contribution in [2.75, 3.05) is 26.7 Å². The summed E-state index contributed by atoms with van der Waals surface area (Å²) in [5.41, 5.74) is 0.566. The molecule has 1 atom stereocenters. The van der Waals surface area contributed by atoms with Crippen molar-refractivity contribution in [3.05, 3.63) is 33.3 Å². The molecule has 0 aromatic heterocycles. The van der Waals surface area contributed by atoms with E-state index < -0.39 is 0 Å². The first-order chi connectivity index (χ1) is 9.08. The summed E-state index contributed by atoms with van der Waals surface area (Å²) in [4.78, 5) is 14.1. The Hall–Kier alpha value is -0.580. The maximum Gasteiger partial charge on any atom is 0.255 e. The molecule has 1 aromatic carbocycles. The maximum absolute atomic E-state index is 12.4. The van der Waals surface area contributed by atoms with Crippen molar-refractivity contribution in [2.24, 2.45) is 5.92 Å². The summed E-state index contributed by atoms with van der Waals surface area (Å²) in [6.45, 7) is 2.86. The van der Waals surface area contributed by atoms with E-state index in [0.29, 0.717) is 16.5 Å². The Balaban J connectivity index is 2.01. The lowest BCUT2D eigenvalue weighted by atomic mass is 9.99. The Labute approximate surface area is 127 Å². The maximum atomic E-state index is 12.4. The summed E-state index contributed by atoms with van der Waals surface area (Å²) >= 11 is 9.47. The van der Waals surface area contributed by atoms with Crippen LogP contribution in [0.15, 0.2) is 22.7 Å². The third-order valence-electron chi connectivity index (χ3n) is 3.44. The smallest absolute Gasteiger partial charge is 0.255 e. The molecule has 1 unspecified atom stereocenters. The number of carbonyl (C=O) groups is 1. The van der Waals surface area contributed by atoms with Gasteiger partial charge in [0.15, 0.2) is 0 Å². The molecule has 5 heteroatoms. The molecule has 1 amide bonds. The number of hydrogen-bond acceptors (Lipinski definition) is 2. The minimum Gasteiger partial charge on any atom is -0.341 e. The quantitative estimate of drug-likeness (QED) is 0.912. The average molecular weight is 346 g/mol. The fourth-order valence-electron chi connectivity index (χ4n) is 2.42. The summed E-state index contributed by atoms with van der Waals surface area (Å²) in [7, 11) is 1.84. The Bertz CT molecular complexity index is 461. The number of carbonyl (C=O) groups excluding carboxylic acids is 1. The fourth-order valence-corrected chi connectivity index (χ4v) is 3.17. The molecular formula is C14H18BrClN2O. The molecule has 0 aliphatic carbocycles. The first kappa shape index (κ1) is 14.8. The highest BCUT2D eigenvalue weighted by molar-refractivity contribution is 9.10. The molecule has 1 heterocycles. The summed E-state index contributed by atoms with van der Waals surface area (Å²) in [6.07, 6.45) is 2.37. The molecule has 3 nitrogen and oxygen atoms in total. The third kappa shape index (κ3) is 3.94. The lowest BCUT2D eigenvalue weighted by molar-refractivity contribution is 0.0765. The second kappa shape index (κ2) is 6.73. The van der Waals surface area contributed by atoms with Gasteiger partial charge in [0, 0.05) is 18.1 Å². The zero-order valence-corrected chi connectivity index (χ0v) is 13.3. The Morgan fingerprint density at radius 3 is 3.00 bits per heavy atom. The Kier molecular flexibility index (Phi) is 5.25. The van der Waals surface area contributed by atoms with E-state index in [-0.39, 0.29) is 5.91 Å². The van der Waals surface area contributed by atoms with Crippen molar-refractivity contribution >= 4 is 33.4 Å². The molecule has 2 rings (SSSR count). The zero-order valence-electron chi connectivity index (χ0n) is 11.0. The number of benzene rings is 1. The van der Waals surface area contributed by atoms with E-state index in [1.54, 1.807) is 17.0 Å². The minimum atomic E-state index is -0.0110. The summed E-state index contributed by atoms with van der Waals surface area (Å²) < 4.78 is 0.883. The monoisotopic (exact) mass is 344 g/mol. The van der Waals surface area contributed by atoms with Gasteiger partial charge in [-0.3, -0.25) is 4.79 Å². The Morgan fingerprint density at radius 2 is 2.37 bits per heavy atom. The van der Waals surface area contributed by atoms with Crippen LogP contribution in [0.4, 0.5) is 0 Å². The minimum absolute atomic E-state index is 0.0110. The summed E-state index contributed by atoms with van der Waals surface area (Å²) in [5, 5.41) is 3.86. The number of halogens is 2. The molecule has 0 spiro atoms. The average Bonchev–Trinajstić information content (AvgIpc) is 2.39. The molecule has 0 saturated carbocycles. The predicted octanol–water partition coefficient (Wildman–Crippen LogP) is 3.17. The molecule has 1 aromatic rings. The molecule has 1 saturated heterocycles. The number of nitrogens with one attached hydrogen (secondary N) is 1. The van der Waals surface area contributed by atoms with Gasteiger partial charge in [0.25, 0.3) is 5.91 Å². The van der Waals surface area contributed by atoms with Gasteiger partial charge < -0.3 is 10.2 Å². The van der Waals surface area contributed by atoms with E-state index in [1.165, 1.54) is 12.8 Å². The van der Waals surface area contributed by atoms with Gasteiger partial charge in [0.1, 0.15) is 0 Å². The molecule has 0 bridgehead atoms. The SMILES string of the molecule is CN(CC1CCCNC1)C(=O)c1ccc(Br)cc1Cl. The summed E-state index contributed by atoms with van der Waals surface area (Å²) in [5.74, 6) is 0.528. The molecule has 19 heavy (non-hydrogen) atoms. The van der Waals surface area contributed by atoms with E-state index >= 15 is 0 Å². The van der Waals surface area contributed by atoms with Gasteiger partial charge in [-0.05, 0) is 50.0 Å². The van der Waals surface area contributed by atoms with Crippen molar-refractivity contribution < 1.29 is 4.79 Å². The lowest BCUT2D eigenvalue weighted by Gasteiger charge is -2.27. The second-order valence-electron chi connectivity index (χ2n) is 5.02. The van der Waals surface area contributed by atoms with Crippen LogP contribution in [0, 0.1) is 5.92 Å². The molecule has 104 valence electrons. The highest BCUT2D eigenvalue weighted by Gasteiger charge is 2.20. The topological polar surface area (TPSA) is 32.3 Å². The van der Waals surface area contributed by atoms with Gasteiger partial charge in [-0.2, -0.15) is 0 Å². The van der Waals surface area contributed by atoms with Crippen LogP contribution in [0.5, 0.6) is 0 Å². The van der Waals surface area contributed by atoms with E-state index in [0.717, 1.165) is 24.1 Å². The molecular weight excluding hydrogens is 328 g/mol. The van der Waals surface area contributed by atoms with Crippen LogP contribution in [-0.4, -0.2) is 37.5 Å². The zero-order chi connectivity index (χ0) is 13.8. The largest absolute Gasteiger partial charge is 0.341 e. The van der Waals surface area contributed by atoms with E-state index in [9.17, 15) is 4.79 Å². The number of nitrogens with zero attached hydrogens (tertiary/aromatic N) is 1. The summed E-state index contributed by atoms with van der Waals surface area (Å²) in [6, 6.07) is 5.37. The number of piperidine rings is 1. The van der Waals surface area contributed by atoms with Crippen LogP contribution in [0.25, 0.3) is 0 Å². The molecule has 1 fully saturated rings. The van der Waals surface area contributed by atoms with E-state index in [2.05, 4.69) is 21.2 Å². The van der Waals surface area contributed by atoms with Gasteiger partial charge in [0.05, 0.1) is 10.6 Å². The van der Waals surface area contributed by atoms with Crippen LogP contribution in [0.2, 0.25) is 5.02 Å².